The third-order valence-electron chi connectivity index (χ3n) is 10.1. The topological polar surface area (TPSA) is 217 Å². The van der Waals surface area contributed by atoms with Crippen LogP contribution in [0.3, 0.4) is 0 Å². The maximum atomic E-state index is 12.0. The van der Waals surface area contributed by atoms with Crippen LogP contribution in [0.25, 0.3) is 21.5 Å². The molecule has 4 saturated heterocycles. The van der Waals surface area contributed by atoms with Crippen molar-refractivity contribution >= 4 is 91.6 Å². The summed E-state index contributed by atoms with van der Waals surface area (Å²) < 4.78 is 126. The van der Waals surface area contributed by atoms with Crippen molar-refractivity contribution in [1.29, 1.82) is 0 Å². The van der Waals surface area contributed by atoms with E-state index < -0.39 is 52.6 Å². The summed E-state index contributed by atoms with van der Waals surface area (Å²) >= 11 is 6.15. The van der Waals surface area contributed by atoms with Crippen LogP contribution in [0.2, 0.25) is 0 Å². The Morgan fingerprint density at radius 1 is 0.937 bits per heavy atom. The molecule has 0 spiro atoms. The van der Waals surface area contributed by atoms with Crippen LogP contribution >= 0.6 is 22.9 Å². The van der Waals surface area contributed by atoms with E-state index in [1.807, 2.05) is 6.92 Å². The summed E-state index contributed by atoms with van der Waals surface area (Å²) in [6, 6.07) is 1.67. The molecular weight excluding hydrogens is 981 g/mol. The van der Waals surface area contributed by atoms with Crippen LogP contribution in [0, 0.1) is 6.92 Å². The number of hydrogen-bond donors (Lipinski definition) is 2. The van der Waals surface area contributed by atoms with Crippen LogP contribution in [0.4, 0.5) is 20.3 Å². The molecule has 0 aromatic carbocycles. The summed E-state index contributed by atoms with van der Waals surface area (Å²) in [6.07, 6.45) is 5.53. The normalized spacial score (nSPS) is 19.5. The SMILES string of the molecule is CC[NH+]1CCS(=O)(=O)CC1.COc1ncc(-c2nc(N3CCOCC3)nc3c(CN4CCS(=O)(=O)CC4)c(C)sc23)cc1NS(C)(=O)=O.FB(F)CCl.O=S1(=O)CCCCC1.[F-].[K+]. The molecule has 0 amide bonds. The maximum absolute atomic E-state index is 12.0. The minimum atomic E-state index is -3.57. The number of quaternary nitrogens is 1. The number of anilines is 2. The quantitative estimate of drug-likeness (QED) is 0.153. The molecule has 4 aliphatic rings. The van der Waals surface area contributed by atoms with Gasteiger partial charge in [-0.05, 0) is 32.8 Å². The largest absolute Gasteiger partial charge is 1.00 e. The monoisotopic (exact) mass is 1040 g/mol. The van der Waals surface area contributed by atoms with Crippen LogP contribution in [0.1, 0.15) is 36.6 Å². The molecule has 0 bridgehead atoms. The summed E-state index contributed by atoms with van der Waals surface area (Å²) in [4.78, 5) is 21.0. The average Bonchev–Trinajstić information content (AvgIpc) is 3.52. The number of aryl methyl sites for hydroxylation is 1. The molecule has 4 fully saturated rings. The molecular formula is C35H56BClF3KN7O10S5+. The van der Waals surface area contributed by atoms with Gasteiger partial charge in [-0.2, -0.15) is 0 Å². The number of hydrogen-bond acceptors (Lipinski definition) is 16. The van der Waals surface area contributed by atoms with Crippen molar-refractivity contribution in [3.63, 3.8) is 0 Å². The molecule has 2 N–H and O–H groups in total. The first-order chi connectivity index (χ1) is 28.6. The molecule has 63 heavy (non-hydrogen) atoms. The van der Waals surface area contributed by atoms with Gasteiger partial charge in [-0.15, -0.1) is 22.9 Å². The van der Waals surface area contributed by atoms with Gasteiger partial charge in [-0.25, -0.2) is 48.6 Å². The molecule has 0 radical (unpaired) electrons. The van der Waals surface area contributed by atoms with E-state index in [9.17, 15) is 42.3 Å². The molecule has 3 aromatic rings. The summed E-state index contributed by atoms with van der Waals surface area (Å²) in [5, 5.41) is 0. The molecule has 17 nitrogen and oxygen atoms in total. The Hall–Kier alpha value is -0.949. The predicted octanol–water partition coefficient (Wildman–Crippen LogP) is -4.39. The number of sulfonamides is 1. The number of fused-ring (bicyclic) bond motifs is 1. The summed E-state index contributed by atoms with van der Waals surface area (Å²) in [6.45, 7) is 10.8. The van der Waals surface area contributed by atoms with Gasteiger partial charge in [-0.3, -0.25) is 18.3 Å². The van der Waals surface area contributed by atoms with Crippen LogP contribution in [-0.4, -0.2) is 173 Å². The first-order valence-corrected chi connectivity index (χ1v) is 28.5. The number of rotatable bonds is 9. The van der Waals surface area contributed by atoms with Gasteiger partial charge < -0.3 is 24.0 Å². The van der Waals surface area contributed by atoms with Gasteiger partial charge in [0.1, 0.15) is 15.5 Å². The van der Waals surface area contributed by atoms with Crippen LogP contribution in [0.15, 0.2) is 12.3 Å². The summed E-state index contributed by atoms with van der Waals surface area (Å²) in [7, 11) is -12.7. The van der Waals surface area contributed by atoms with E-state index in [0.29, 0.717) is 86.2 Å². The Balaban J connectivity index is 0.000000444. The first kappa shape index (κ1) is 58.2. The number of sulfone groups is 3. The van der Waals surface area contributed by atoms with Crippen molar-refractivity contribution in [2.75, 3.05) is 122 Å². The van der Waals surface area contributed by atoms with Crippen molar-refractivity contribution in [3.8, 4) is 17.1 Å². The van der Waals surface area contributed by atoms with Crippen molar-refractivity contribution < 1.29 is 113 Å². The van der Waals surface area contributed by atoms with Gasteiger partial charge in [0, 0.05) is 54.9 Å². The third-order valence-corrected chi connectivity index (χ3v) is 17.2. The number of alkyl halides is 1. The third kappa shape index (κ3) is 19.3. The van der Waals surface area contributed by atoms with Gasteiger partial charge in [0.25, 0.3) is 0 Å². The second-order valence-electron chi connectivity index (χ2n) is 14.9. The fraction of sp³-hybridized carbons (Fsp3) is 0.686. The zero-order chi connectivity index (χ0) is 45.0. The predicted molar refractivity (Wildman–Crippen MR) is 238 cm³/mol. The number of aromatic nitrogens is 3. The Kier molecular flexibility index (Phi) is 24.5. The molecule has 0 aliphatic carbocycles. The Morgan fingerprint density at radius 3 is 1.98 bits per heavy atom. The number of thiophene rings is 1. The second-order valence-corrected chi connectivity index (χ2v) is 25.1. The molecule has 7 rings (SSSR count). The number of morpholine rings is 1. The zero-order valence-electron chi connectivity index (χ0n) is 36.2. The summed E-state index contributed by atoms with van der Waals surface area (Å²) in [5.41, 5.74) is 3.33. The molecule has 3 aromatic heterocycles. The van der Waals surface area contributed by atoms with E-state index >= 15 is 0 Å². The van der Waals surface area contributed by atoms with Crippen LogP contribution in [0.5, 0.6) is 5.88 Å². The first-order valence-electron chi connectivity index (χ1n) is 19.8. The van der Waals surface area contributed by atoms with Crippen molar-refractivity contribution in [3.05, 3.63) is 22.7 Å². The zero-order valence-corrected chi connectivity index (χ0v) is 44.2. The summed E-state index contributed by atoms with van der Waals surface area (Å²) in [5.74, 6) is 2.08. The van der Waals surface area contributed by atoms with Gasteiger partial charge >= 0.3 is 58.7 Å². The maximum Gasteiger partial charge on any atom is 1.00 e. The number of methoxy groups -OCH3 is 1. The van der Waals surface area contributed by atoms with Crippen molar-refractivity contribution in [1.82, 2.24) is 19.9 Å². The van der Waals surface area contributed by atoms with Gasteiger partial charge in [0.05, 0.1) is 102 Å². The number of nitrogens with one attached hydrogen (secondary N) is 2. The van der Waals surface area contributed by atoms with E-state index in [1.54, 1.807) is 23.6 Å². The van der Waals surface area contributed by atoms with E-state index in [2.05, 4.69) is 38.0 Å². The molecule has 28 heteroatoms. The fourth-order valence-electron chi connectivity index (χ4n) is 6.66. The van der Waals surface area contributed by atoms with Gasteiger partial charge in [-0.1, -0.05) is 6.42 Å². The van der Waals surface area contributed by atoms with E-state index in [0.717, 1.165) is 65.8 Å². The number of ether oxygens (including phenoxy) is 2. The molecule has 0 atom stereocenters. The minimum Gasteiger partial charge on any atom is -1.00 e. The molecule has 0 saturated carbocycles. The Labute approximate surface area is 421 Å². The van der Waals surface area contributed by atoms with E-state index in [-0.39, 0.29) is 79.2 Å². The second kappa shape index (κ2) is 26.6. The Bertz CT molecular complexity index is 2350. The molecule has 7 heterocycles. The Morgan fingerprint density at radius 2 is 1.49 bits per heavy atom. The number of halogens is 4. The van der Waals surface area contributed by atoms with Crippen LogP contribution in [-0.2, 0) is 50.8 Å². The molecule has 0 unspecified atom stereocenters. The van der Waals surface area contributed by atoms with Gasteiger partial charge in [0.2, 0.25) is 21.9 Å². The van der Waals surface area contributed by atoms with E-state index in [4.69, 9.17) is 19.4 Å². The average molecular weight is 1040 g/mol. The smallest absolute Gasteiger partial charge is 1.00 e. The number of nitrogens with zero attached hydrogens (tertiary/aromatic N) is 5. The van der Waals surface area contributed by atoms with Gasteiger partial charge in [0.15, 0.2) is 19.7 Å². The minimum absolute atomic E-state index is 0. The van der Waals surface area contributed by atoms with Crippen LogP contribution < -0.4 is 75.3 Å². The fourth-order valence-corrected chi connectivity index (χ4v) is 12.5. The van der Waals surface area contributed by atoms with Crippen molar-refractivity contribution in [2.24, 2.45) is 0 Å². The molecule has 4 aliphatic heterocycles. The van der Waals surface area contributed by atoms with Crippen molar-refractivity contribution in [2.45, 2.75) is 39.7 Å². The van der Waals surface area contributed by atoms with E-state index in [1.165, 1.54) is 12.0 Å². The molecule has 352 valence electrons. The standard InChI is InChI=1S/C23H30N6O6S3.C6H13NO2S.C5H10O2S.CH2BClF2.FH.K/c1-15-17(14-28-6-10-38(32,33)11-7-28)20-21(36-15)19(25-23(26-20)29-4-8-35-9-5-29)16-12-18(27-37(3,30)31)22(34-2)24-13-16;1-2-7-3-5-10(8,9)6-4-7;6-8(7)4-2-1-3-5-8;3-1-2(4)5;;/h12-13,27H,4-11,14H2,1-3H3;2-6H2,1H3;1-5H2;1H2;1H;/q;;;;;+1. The number of pyridine rings is 1.